The van der Waals surface area contributed by atoms with Crippen LogP contribution in [-0.2, 0) is 28.6 Å². The minimum Gasteiger partial charge on any atom is -0.453 e. The zero-order chi connectivity index (χ0) is 19.6. The third-order valence-electron chi connectivity index (χ3n) is 4.17. The van der Waals surface area contributed by atoms with Crippen molar-refractivity contribution in [2.75, 3.05) is 6.61 Å². The third-order valence-corrected chi connectivity index (χ3v) is 4.17. The molecule has 144 valence electrons. The van der Waals surface area contributed by atoms with E-state index < -0.39 is 48.6 Å². The Labute approximate surface area is 146 Å². The zero-order valence-corrected chi connectivity index (χ0v) is 15.5. The second-order valence-corrected chi connectivity index (χ2v) is 8.13. The number of cyclic esters (lactones) is 1. The van der Waals surface area contributed by atoms with Gasteiger partial charge in [0.1, 0.15) is 0 Å². The molecule has 2 unspecified atom stereocenters. The van der Waals surface area contributed by atoms with E-state index in [9.17, 15) is 23.2 Å². The number of hydrogen-bond acceptors (Lipinski definition) is 6. The maximum absolute atomic E-state index is 12.9. The number of hydrogen-bond donors (Lipinski definition) is 0. The molecule has 1 aliphatic heterocycles. The van der Waals surface area contributed by atoms with Crippen LogP contribution >= 0.6 is 0 Å². The van der Waals surface area contributed by atoms with Crippen molar-refractivity contribution in [3.05, 3.63) is 0 Å². The van der Waals surface area contributed by atoms with Gasteiger partial charge in [0.2, 0.25) is 6.10 Å². The molecule has 0 aromatic rings. The highest BCUT2D eigenvalue weighted by Crippen LogP contribution is 2.40. The summed E-state index contributed by atoms with van der Waals surface area (Å²) >= 11 is 0. The van der Waals surface area contributed by atoms with Crippen LogP contribution in [0.5, 0.6) is 0 Å². The second kappa shape index (κ2) is 7.25. The summed E-state index contributed by atoms with van der Waals surface area (Å²) in [6.07, 6.45) is -5.85. The van der Waals surface area contributed by atoms with Crippen LogP contribution in [0.2, 0.25) is 0 Å². The standard InChI is InChI=1S/C17H26F2O6/c1-10(2)16(6,9-15(3,4)5)14(22)23-8-12(20)24-11-7-17(18,19)25-13(11)21/h10-11H,7-9H2,1-6H3. The Balaban J connectivity index is 2.62. The molecular weight excluding hydrogens is 338 g/mol. The van der Waals surface area contributed by atoms with Crippen LogP contribution in [0.3, 0.4) is 0 Å². The van der Waals surface area contributed by atoms with Gasteiger partial charge in [-0.15, -0.1) is 0 Å². The monoisotopic (exact) mass is 364 g/mol. The van der Waals surface area contributed by atoms with E-state index in [2.05, 4.69) is 9.47 Å². The van der Waals surface area contributed by atoms with Crippen molar-refractivity contribution in [1.29, 1.82) is 0 Å². The Morgan fingerprint density at radius 1 is 1.28 bits per heavy atom. The fourth-order valence-electron chi connectivity index (χ4n) is 2.74. The summed E-state index contributed by atoms with van der Waals surface area (Å²) in [7, 11) is 0. The topological polar surface area (TPSA) is 78.9 Å². The zero-order valence-electron chi connectivity index (χ0n) is 15.5. The number of carbonyl (C=O) groups is 3. The van der Waals surface area contributed by atoms with Crippen molar-refractivity contribution in [3.8, 4) is 0 Å². The van der Waals surface area contributed by atoms with Gasteiger partial charge in [0.15, 0.2) is 6.61 Å². The summed E-state index contributed by atoms with van der Waals surface area (Å²) in [5.41, 5.74) is -0.963. The van der Waals surface area contributed by atoms with E-state index >= 15 is 0 Å². The average molecular weight is 364 g/mol. The predicted molar refractivity (Wildman–Crippen MR) is 83.5 cm³/mol. The van der Waals surface area contributed by atoms with Crippen molar-refractivity contribution < 1.29 is 37.4 Å². The van der Waals surface area contributed by atoms with Gasteiger partial charge in [0.05, 0.1) is 11.8 Å². The van der Waals surface area contributed by atoms with Gasteiger partial charge >= 0.3 is 24.0 Å². The molecule has 25 heavy (non-hydrogen) atoms. The lowest BCUT2D eigenvalue weighted by molar-refractivity contribution is -0.209. The molecule has 8 heteroatoms. The van der Waals surface area contributed by atoms with Gasteiger partial charge in [0.25, 0.3) is 0 Å². The number of alkyl halides is 2. The largest absolute Gasteiger partial charge is 0.453 e. The van der Waals surface area contributed by atoms with E-state index in [0.29, 0.717) is 6.42 Å². The van der Waals surface area contributed by atoms with E-state index in [-0.39, 0.29) is 11.3 Å². The molecule has 1 heterocycles. The maximum Gasteiger partial charge on any atom is 0.404 e. The number of ether oxygens (including phenoxy) is 3. The normalized spacial score (nSPS) is 22.3. The molecule has 0 amide bonds. The number of esters is 3. The van der Waals surface area contributed by atoms with E-state index in [1.165, 1.54) is 0 Å². The Kier molecular flexibility index (Phi) is 6.18. The first-order valence-electron chi connectivity index (χ1n) is 8.14. The minimum atomic E-state index is -3.65. The molecule has 0 saturated carbocycles. The summed E-state index contributed by atoms with van der Waals surface area (Å²) in [6.45, 7) is 10.7. The molecule has 0 radical (unpaired) electrons. The fourth-order valence-corrected chi connectivity index (χ4v) is 2.74. The quantitative estimate of drug-likeness (QED) is 0.532. The molecular formula is C17H26F2O6. The molecule has 1 aliphatic rings. The number of rotatable bonds is 6. The summed E-state index contributed by atoms with van der Waals surface area (Å²) in [6, 6.07) is 0. The van der Waals surface area contributed by atoms with Crippen molar-refractivity contribution in [2.45, 2.75) is 66.6 Å². The summed E-state index contributed by atoms with van der Waals surface area (Å²) in [5.74, 6) is -3.01. The highest BCUT2D eigenvalue weighted by Gasteiger charge is 2.50. The van der Waals surface area contributed by atoms with Gasteiger partial charge in [-0.2, -0.15) is 8.78 Å². The van der Waals surface area contributed by atoms with Crippen molar-refractivity contribution >= 4 is 17.9 Å². The Morgan fingerprint density at radius 3 is 2.24 bits per heavy atom. The molecule has 0 aromatic carbocycles. The SMILES string of the molecule is CC(C)C(C)(CC(C)(C)C)C(=O)OCC(=O)OC1CC(F)(F)OC1=O. The fraction of sp³-hybridized carbons (Fsp3) is 0.824. The number of carbonyl (C=O) groups excluding carboxylic acids is 3. The minimum absolute atomic E-state index is 0.0428. The van der Waals surface area contributed by atoms with Crippen LogP contribution < -0.4 is 0 Å². The predicted octanol–water partition coefficient (Wildman–Crippen LogP) is 3.08. The first kappa shape index (κ1) is 21.3. The number of halogens is 2. The smallest absolute Gasteiger partial charge is 0.404 e. The van der Waals surface area contributed by atoms with Crippen molar-refractivity contribution in [3.63, 3.8) is 0 Å². The molecule has 1 rings (SSSR count). The molecule has 0 N–H and O–H groups in total. The molecule has 0 spiro atoms. The van der Waals surface area contributed by atoms with Crippen LogP contribution in [0.1, 0.15) is 54.4 Å². The highest BCUT2D eigenvalue weighted by atomic mass is 19.3. The van der Waals surface area contributed by atoms with Crippen LogP contribution in [0.15, 0.2) is 0 Å². The molecule has 0 aromatic heterocycles. The van der Waals surface area contributed by atoms with Crippen molar-refractivity contribution in [2.24, 2.45) is 16.7 Å². The van der Waals surface area contributed by atoms with E-state index in [1.807, 2.05) is 34.6 Å². The van der Waals surface area contributed by atoms with Crippen LogP contribution in [0, 0.1) is 16.7 Å². The average Bonchev–Trinajstić information content (AvgIpc) is 2.66. The second-order valence-electron chi connectivity index (χ2n) is 8.13. The first-order valence-corrected chi connectivity index (χ1v) is 8.14. The van der Waals surface area contributed by atoms with Gasteiger partial charge < -0.3 is 14.2 Å². The molecule has 2 atom stereocenters. The van der Waals surface area contributed by atoms with Crippen LogP contribution in [-0.4, -0.2) is 36.7 Å². The van der Waals surface area contributed by atoms with Crippen LogP contribution in [0.25, 0.3) is 0 Å². The van der Waals surface area contributed by atoms with Gasteiger partial charge in [-0.3, -0.25) is 4.79 Å². The molecule has 0 aliphatic carbocycles. The van der Waals surface area contributed by atoms with E-state index in [0.717, 1.165) is 0 Å². The lowest BCUT2D eigenvalue weighted by Crippen LogP contribution is -2.39. The molecule has 0 bridgehead atoms. The Bertz CT molecular complexity index is 538. The summed E-state index contributed by atoms with van der Waals surface area (Å²) < 4.78 is 39.2. The highest BCUT2D eigenvalue weighted by molar-refractivity contribution is 5.83. The van der Waals surface area contributed by atoms with Crippen LogP contribution in [0.4, 0.5) is 8.78 Å². The summed E-state index contributed by atoms with van der Waals surface area (Å²) in [5, 5.41) is 0. The third kappa shape index (κ3) is 5.93. The van der Waals surface area contributed by atoms with Gasteiger partial charge in [-0.1, -0.05) is 34.6 Å². The molecule has 6 nitrogen and oxygen atoms in total. The summed E-state index contributed by atoms with van der Waals surface area (Å²) in [4.78, 5) is 35.3. The maximum atomic E-state index is 12.9. The lowest BCUT2D eigenvalue weighted by Gasteiger charge is -2.36. The van der Waals surface area contributed by atoms with E-state index in [4.69, 9.17) is 4.74 Å². The van der Waals surface area contributed by atoms with Gasteiger partial charge in [-0.05, 0) is 24.7 Å². The molecule has 1 saturated heterocycles. The van der Waals surface area contributed by atoms with Crippen molar-refractivity contribution in [1.82, 2.24) is 0 Å². The Morgan fingerprint density at radius 2 is 1.84 bits per heavy atom. The van der Waals surface area contributed by atoms with Gasteiger partial charge in [0, 0.05) is 0 Å². The molecule has 1 fully saturated rings. The van der Waals surface area contributed by atoms with E-state index in [1.54, 1.807) is 6.92 Å². The Hall–Kier alpha value is -1.73. The lowest BCUT2D eigenvalue weighted by atomic mass is 9.69. The first-order chi connectivity index (χ1) is 11.2. The van der Waals surface area contributed by atoms with Gasteiger partial charge in [-0.25, -0.2) is 9.59 Å².